The van der Waals surface area contributed by atoms with Crippen molar-refractivity contribution in [3.63, 3.8) is 0 Å². The molecule has 0 saturated carbocycles. The first kappa shape index (κ1) is 26.2. The van der Waals surface area contributed by atoms with Crippen LogP contribution in [0.2, 0.25) is 0 Å². The summed E-state index contributed by atoms with van der Waals surface area (Å²) >= 11 is 1.31. The average Bonchev–Trinajstić information content (AvgIpc) is 2.83. The van der Waals surface area contributed by atoms with Crippen LogP contribution in [0.25, 0.3) is 10.9 Å². The van der Waals surface area contributed by atoms with Crippen molar-refractivity contribution in [2.24, 2.45) is 0 Å². The second kappa shape index (κ2) is 10.6. The number of amides is 2. The van der Waals surface area contributed by atoms with Crippen LogP contribution in [-0.2, 0) is 11.0 Å². The molecular formula is C28H24F3N3O2S. The molecule has 9 heteroatoms. The molecule has 0 bridgehead atoms. The van der Waals surface area contributed by atoms with Crippen molar-refractivity contribution in [3.05, 3.63) is 94.5 Å². The number of anilines is 2. The monoisotopic (exact) mass is 523 g/mol. The molecule has 2 N–H and O–H groups in total. The Morgan fingerprint density at radius 1 is 0.865 bits per heavy atom. The van der Waals surface area contributed by atoms with Crippen LogP contribution in [0.4, 0.5) is 24.5 Å². The quantitative estimate of drug-likeness (QED) is 0.263. The highest BCUT2D eigenvalue weighted by molar-refractivity contribution is 7.99. The van der Waals surface area contributed by atoms with Crippen molar-refractivity contribution in [1.82, 2.24) is 4.98 Å². The zero-order valence-electron chi connectivity index (χ0n) is 20.4. The van der Waals surface area contributed by atoms with E-state index in [1.165, 1.54) is 41.6 Å². The predicted molar refractivity (Wildman–Crippen MR) is 141 cm³/mol. The molecule has 0 saturated heterocycles. The molecule has 1 aromatic heterocycles. The molecule has 2 amide bonds. The Morgan fingerprint density at radius 2 is 1.57 bits per heavy atom. The third-order valence-corrected chi connectivity index (χ3v) is 6.55. The number of carbonyl (C=O) groups is 2. The average molecular weight is 524 g/mol. The molecule has 4 rings (SSSR count). The fraction of sp³-hybridized carbons (Fsp3) is 0.179. The van der Waals surface area contributed by atoms with E-state index >= 15 is 0 Å². The summed E-state index contributed by atoms with van der Waals surface area (Å²) in [5, 5.41) is 7.04. The van der Waals surface area contributed by atoms with Gasteiger partial charge in [0, 0.05) is 22.3 Å². The largest absolute Gasteiger partial charge is 0.416 e. The van der Waals surface area contributed by atoms with Crippen LogP contribution in [0, 0.1) is 20.8 Å². The molecule has 4 aromatic rings. The summed E-state index contributed by atoms with van der Waals surface area (Å²) in [6.45, 7) is 6.07. The number of nitrogens with one attached hydrogen (secondary N) is 2. The van der Waals surface area contributed by atoms with E-state index in [0.29, 0.717) is 5.69 Å². The minimum atomic E-state index is -4.51. The number of benzene rings is 3. The van der Waals surface area contributed by atoms with Gasteiger partial charge in [0.25, 0.3) is 5.91 Å². The van der Waals surface area contributed by atoms with Gasteiger partial charge in [-0.3, -0.25) is 9.59 Å². The van der Waals surface area contributed by atoms with Crippen molar-refractivity contribution in [2.75, 3.05) is 16.4 Å². The number of pyridine rings is 1. The molecule has 0 spiro atoms. The van der Waals surface area contributed by atoms with Gasteiger partial charge in [0.05, 0.1) is 21.9 Å². The smallest absolute Gasteiger partial charge is 0.325 e. The number of hydrogen-bond donors (Lipinski definition) is 2. The van der Waals surface area contributed by atoms with E-state index < -0.39 is 17.6 Å². The molecule has 0 aliphatic heterocycles. The number of aryl methyl sites for hydroxylation is 3. The predicted octanol–water partition coefficient (Wildman–Crippen LogP) is 7.16. The molecular weight excluding hydrogens is 499 g/mol. The number of alkyl halides is 3. The normalized spacial score (nSPS) is 11.4. The van der Waals surface area contributed by atoms with Crippen molar-refractivity contribution in [3.8, 4) is 0 Å². The van der Waals surface area contributed by atoms with Crippen LogP contribution >= 0.6 is 11.8 Å². The molecule has 5 nitrogen and oxygen atoms in total. The minimum Gasteiger partial charge on any atom is -0.325 e. The Hall–Kier alpha value is -3.85. The highest BCUT2D eigenvalue weighted by atomic mass is 32.2. The van der Waals surface area contributed by atoms with Gasteiger partial charge in [-0.15, -0.1) is 0 Å². The summed E-state index contributed by atoms with van der Waals surface area (Å²) in [5.41, 5.74) is 3.99. The summed E-state index contributed by atoms with van der Waals surface area (Å²) in [6, 6.07) is 16.7. The molecule has 0 radical (unpaired) electrons. The van der Waals surface area contributed by atoms with Gasteiger partial charge in [0.15, 0.2) is 0 Å². The molecule has 0 atom stereocenters. The van der Waals surface area contributed by atoms with Gasteiger partial charge in [-0.05, 0) is 80.4 Å². The van der Waals surface area contributed by atoms with Crippen LogP contribution in [0.5, 0.6) is 0 Å². The molecule has 1 heterocycles. The first-order valence-electron chi connectivity index (χ1n) is 11.4. The maximum atomic E-state index is 12.9. The zero-order valence-corrected chi connectivity index (χ0v) is 21.2. The van der Waals surface area contributed by atoms with Crippen molar-refractivity contribution in [1.29, 1.82) is 0 Å². The topological polar surface area (TPSA) is 71.1 Å². The van der Waals surface area contributed by atoms with Crippen LogP contribution in [0.3, 0.4) is 0 Å². The number of halogens is 3. The van der Waals surface area contributed by atoms with Crippen LogP contribution < -0.4 is 10.6 Å². The number of nitrogens with zero attached hydrogens (tertiary/aromatic N) is 1. The SMILES string of the molecule is Cc1cc(C)c2nc(SCC(=O)Nc3cccc(C(=O)Nc4cccc(C(F)(F)F)c4)c3)cc(C)c2c1. The van der Waals surface area contributed by atoms with E-state index in [1.54, 1.807) is 12.1 Å². The van der Waals surface area contributed by atoms with Gasteiger partial charge in [-0.2, -0.15) is 13.2 Å². The lowest BCUT2D eigenvalue weighted by Gasteiger charge is -2.11. The standard InChI is InChI=1S/C28H24F3N3O2S/c1-16-10-18(3)26-23(11-16)17(2)12-25(34-26)37-15-24(35)32-21-8-4-6-19(13-21)27(36)33-22-9-5-7-20(14-22)28(29,30)31/h4-14H,15H2,1-3H3,(H,32,35)(H,33,36). The van der Waals surface area contributed by atoms with Crippen molar-refractivity contribution in [2.45, 2.75) is 32.0 Å². The third kappa shape index (κ3) is 6.48. The number of hydrogen-bond acceptors (Lipinski definition) is 4. The summed E-state index contributed by atoms with van der Waals surface area (Å²) in [6.07, 6.45) is -4.51. The number of aromatic nitrogens is 1. The molecule has 0 aliphatic rings. The second-order valence-corrected chi connectivity index (χ2v) is 9.70. The molecule has 190 valence electrons. The van der Waals surface area contributed by atoms with E-state index in [9.17, 15) is 22.8 Å². The molecule has 0 unspecified atom stereocenters. The number of carbonyl (C=O) groups excluding carboxylic acids is 2. The Balaban J connectivity index is 1.40. The van der Waals surface area contributed by atoms with Gasteiger partial charge in [-0.25, -0.2) is 4.98 Å². The van der Waals surface area contributed by atoms with Crippen LogP contribution in [0.1, 0.15) is 32.6 Å². The summed E-state index contributed by atoms with van der Waals surface area (Å²) in [7, 11) is 0. The van der Waals surface area contributed by atoms with E-state index in [1.807, 2.05) is 26.8 Å². The molecule has 0 fully saturated rings. The molecule has 37 heavy (non-hydrogen) atoms. The van der Waals surface area contributed by atoms with Crippen LogP contribution in [-0.4, -0.2) is 22.6 Å². The lowest BCUT2D eigenvalue weighted by molar-refractivity contribution is -0.137. The van der Waals surface area contributed by atoms with E-state index in [2.05, 4.69) is 22.8 Å². The fourth-order valence-electron chi connectivity index (χ4n) is 3.94. The van der Waals surface area contributed by atoms with E-state index in [0.717, 1.165) is 39.2 Å². The number of fused-ring (bicyclic) bond motifs is 1. The molecule has 0 aliphatic carbocycles. The van der Waals surface area contributed by atoms with Gasteiger partial charge in [-0.1, -0.05) is 35.5 Å². The highest BCUT2D eigenvalue weighted by Gasteiger charge is 2.30. The lowest BCUT2D eigenvalue weighted by atomic mass is 10.0. The van der Waals surface area contributed by atoms with Gasteiger partial charge in [0.2, 0.25) is 5.91 Å². The number of thioether (sulfide) groups is 1. The third-order valence-electron chi connectivity index (χ3n) is 5.64. The van der Waals surface area contributed by atoms with Crippen molar-refractivity contribution >= 4 is 45.9 Å². The highest BCUT2D eigenvalue weighted by Crippen LogP contribution is 2.31. The van der Waals surface area contributed by atoms with Crippen molar-refractivity contribution < 1.29 is 22.8 Å². The molecule has 3 aromatic carbocycles. The maximum absolute atomic E-state index is 12.9. The Labute approximate surface area is 216 Å². The van der Waals surface area contributed by atoms with E-state index in [4.69, 9.17) is 4.98 Å². The zero-order chi connectivity index (χ0) is 26.7. The Morgan fingerprint density at radius 3 is 2.30 bits per heavy atom. The maximum Gasteiger partial charge on any atom is 0.416 e. The van der Waals surface area contributed by atoms with E-state index in [-0.39, 0.29) is 22.9 Å². The van der Waals surface area contributed by atoms with Gasteiger partial charge in [0.1, 0.15) is 0 Å². The Kier molecular flexibility index (Phi) is 7.54. The minimum absolute atomic E-state index is 0.0224. The first-order valence-corrected chi connectivity index (χ1v) is 12.4. The Bertz CT molecular complexity index is 1500. The first-order chi connectivity index (χ1) is 17.5. The fourth-order valence-corrected chi connectivity index (χ4v) is 4.71. The summed E-state index contributed by atoms with van der Waals surface area (Å²) < 4.78 is 38.8. The van der Waals surface area contributed by atoms with Gasteiger partial charge >= 0.3 is 6.18 Å². The van der Waals surface area contributed by atoms with Crippen LogP contribution in [0.15, 0.2) is 71.8 Å². The summed E-state index contributed by atoms with van der Waals surface area (Å²) in [4.78, 5) is 29.9. The van der Waals surface area contributed by atoms with Gasteiger partial charge < -0.3 is 10.6 Å². The summed E-state index contributed by atoms with van der Waals surface area (Å²) in [5.74, 6) is -0.754. The second-order valence-electron chi connectivity index (χ2n) is 8.71. The lowest BCUT2D eigenvalue weighted by Crippen LogP contribution is -2.16. The number of rotatable bonds is 6.